The molecule has 0 aliphatic rings. The number of hydrogen-bond acceptors (Lipinski definition) is 2. The third-order valence-electron chi connectivity index (χ3n) is 3.16. The summed E-state index contributed by atoms with van der Waals surface area (Å²) >= 11 is 3.42. The minimum Gasteiger partial charge on any atom is -0.355 e. The molecule has 2 aromatic rings. The normalized spacial score (nSPS) is 12.0. The molecule has 0 heterocycles. The molecule has 0 saturated heterocycles. The molecule has 1 atom stereocenters. The summed E-state index contributed by atoms with van der Waals surface area (Å²) < 4.78 is 0.997. The van der Waals surface area contributed by atoms with Gasteiger partial charge in [-0.05, 0) is 48.9 Å². The molecule has 2 rings (SSSR count). The van der Waals surface area contributed by atoms with Crippen LogP contribution in [0.5, 0.6) is 0 Å². The maximum Gasteiger partial charge on any atom is 0.251 e. The van der Waals surface area contributed by atoms with Crippen LogP contribution in [0.1, 0.15) is 24.2 Å². The Morgan fingerprint density at radius 3 is 2.52 bits per heavy atom. The van der Waals surface area contributed by atoms with Crippen molar-refractivity contribution in [2.75, 3.05) is 6.54 Å². The molecule has 0 fully saturated rings. The van der Waals surface area contributed by atoms with Crippen molar-refractivity contribution < 1.29 is 9.59 Å². The van der Waals surface area contributed by atoms with Gasteiger partial charge in [0.25, 0.3) is 5.91 Å². The van der Waals surface area contributed by atoms with Crippen molar-refractivity contribution in [2.45, 2.75) is 19.9 Å². The van der Waals surface area contributed by atoms with Crippen molar-refractivity contribution in [1.82, 2.24) is 10.6 Å². The molecule has 0 saturated carbocycles. The first-order chi connectivity index (χ1) is 10.0. The molecule has 2 amide bonds. The first kappa shape index (κ1) is 15.5. The van der Waals surface area contributed by atoms with Crippen LogP contribution in [0, 0.1) is 0 Å². The van der Waals surface area contributed by atoms with Crippen molar-refractivity contribution in [1.29, 1.82) is 0 Å². The lowest BCUT2D eigenvalue weighted by Gasteiger charge is -2.13. The van der Waals surface area contributed by atoms with Gasteiger partial charge in [0.1, 0.15) is 6.04 Å². The van der Waals surface area contributed by atoms with Gasteiger partial charge in [-0.3, -0.25) is 9.59 Å². The minimum absolute atomic E-state index is 0.185. The molecule has 1 unspecified atom stereocenters. The van der Waals surface area contributed by atoms with E-state index in [0.29, 0.717) is 12.1 Å². The maximum absolute atomic E-state index is 12.2. The molecule has 0 spiro atoms. The molecule has 5 heteroatoms. The van der Waals surface area contributed by atoms with E-state index in [9.17, 15) is 9.59 Å². The van der Waals surface area contributed by atoms with Crippen molar-refractivity contribution in [3.63, 3.8) is 0 Å². The van der Waals surface area contributed by atoms with Gasteiger partial charge in [0, 0.05) is 16.6 Å². The third kappa shape index (κ3) is 3.82. The van der Waals surface area contributed by atoms with E-state index in [4.69, 9.17) is 0 Å². The van der Waals surface area contributed by atoms with Gasteiger partial charge in [-0.2, -0.15) is 0 Å². The molecule has 21 heavy (non-hydrogen) atoms. The predicted octanol–water partition coefficient (Wildman–Crippen LogP) is 2.86. The van der Waals surface area contributed by atoms with Gasteiger partial charge in [0.15, 0.2) is 0 Å². The molecule has 2 N–H and O–H groups in total. The summed E-state index contributed by atoms with van der Waals surface area (Å²) in [6.45, 7) is 4.05. The number of benzene rings is 2. The number of fused-ring (bicyclic) bond motifs is 1. The van der Waals surface area contributed by atoms with E-state index in [1.165, 1.54) is 0 Å². The molecular formula is C16H17BrN2O2. The second-order valence-corrected chi connectivity index (χ2v) is 5.71. The molecule has 0 bridgehead atoms. The molecule has 0 aliphatic heterocycles. The van der Waals surface area contributed by atoms with Crippen LogP contribution in [-0.2, 0) is 4.79 Å². The van der Waals surface area contributed by atoms with Gasteiger partial charge < -0.3 is 10.6 Å². The minimum atomic E-state index is -0.557. The van der Waals surface area contributed by atoms with Gasteiger partial charge in [-0.15, -0.1) is 0 Å². The fourth-order valence-electron chi connectivity index (χ4n) is 2.03. The van der Waals surface area contributed by atoms with Crippen molar-refractivity contribution in [3.8, 4) is 0 Å². The molecular weight excluding hydrogens is 332 g/mol. The lowest BCUT2D eigenvalue weighted by atomic mass is 10.1. The van der Waals surface area contributed by atoms with Crippen molar-refractivity contribution >= 4 is 38.5 Å². The first-order valence-electron chi connectivity index (χ1n) is 6.79. The zero-order valence-electron chi connectivity index (χ0n) is 11.9. The van der Waals surface area contributed by atoms with Gasteiger partial charge in [0.05, 0.1) is 0 Å². The monoisotopic (exact) mass is 348 g/mol. The van der Waals surface area contributed by atoms with Crippen LogP contribution in [-0.4, -0.2) is 24.4 Å². The number of rotatable bonds is 4. The second kappa shape index (κ2) is 6.72. The lowest BCUT2D eigenvalue weighted by Crippen LogP contribution is -2.44. The number of likely N-dealkylation sites (N-methyl/N-ethyl adjacent to an activating group) is 1. The van der Waals surface area contributed by atoms with Crippen LogP contribution in [0.25, 0.3) is 10.8 Å². The summed E-state index contributed by atoms with van der Waals surface area (Å²) in [4.78, 5) is 23.8. The van der Waals surface area contributed by atoms with E-state index >= 15 is 0 Å². The van der Waals surface area contributed by atoms with E-state index in [0.717, 1.165) is 15.2 Å². The predicted molar refractivity (Wildman–Crippen MR) is 87.3 cm³/mol. The van der Waals surface area contributed by atoms with Crippen LogP contribution >= 0.6 is 15.9 Å². The maximum atomic E-state index is 12.2. The SMILES string of the molecule is CCNC(=O)C(C)NC(=O)c1ccc2cc(Br)ccc2c1. The number of carbonyl (C=O) groups is 2. The average molecular weight is 349 g/mol. The second-order valence-electron chi connectivity index (χ2n) is 4.80. The Bertz CT molecular complexity index is 685. The number of carbonyl (C=O) groups excluding carboxylic acids is 2. The highest BCUT2D eigenvalue weighted by Crippen LogP contribution is 2.21. The van der Waals surface area contributed by atoms with Gasteiger partial charge in [-0.1, -0.05) is 28.1 Å². The summed E-state index contributed by atoms with van der Waals surface area (Å²) in [5.74, 6) is -0.436. The standard InChI is InChI=1S/C16H17BrN2O2/c1-3-18-15(20)10(2)19-16(21)13-5-4-12-9-14(17)7-6-11(12)8-13/h4-10H,3H2,1-2H3,(H,18,20)(H,19,21). The van der Waals surface area contributed by atoms with Gasteiger partial charge in [0.2, 0.25) is 5.91 Å². The highest BCUT2D eigenvalue weighted by molar-refractivity contribution is 9.10. The lowest BCUT2D eigenvalue weighted by molar-refractivity contribution is -0.122. The quantitative estimate of drug-likeness (QED) is 0.892. The summed E-state index contributed by atoms with van der Waals surface area (Å²) in [6, 6.07) is 10.8. The zero-order valence-corrected chi connectivity index (χ0v) is 13.5. The number of hydrogen-bond donors (Lipinski definition) is 2. The fourth-order valence-corrected chi connectivity index (χ4v) is 2.41. The van der Waals surface area contributed by atoms with Crippen LogP contribution < -0.4 is 10.6 Å². The van der Waals surface area contributed by atoms with E-state index in [-0.39, 0.29) is 11.8 Å². The van der Waals surface area contributed by atoms with Crippen LogP contribution in [0.2, 0.25) is 0 Å². The largest absolute Gasteiger partial charge is 0.355 e. The fraction of sp³-hybridized carbons (Fsp3) is 0.250. The van der Waals surface area contributed by atoms with Crippen LogP contribution in [0.15, 0.2) is 40.9 Å². The van der Waals surface area contributed by atoms with Gasteiger partial charge in [-0.25, -0.2) is 0 Å². The molecule has 0 aromatic heterocycles. The smallest absolute Gasteiger partial charge is 0.251 e. The highest BCUT2D eigenvalue weighted by atomic mass is 79.9. The summed E-state index contributed by atoms with van der Waals surface area (Å²) in [7, 11) is 0. The van der Waals surface area contributed by atoms with E-state index in [1.54, 1.807) is 13.0 Å². The summed E-state index contributed by atoms with van der Waals surface area (Å²) in [6.07, 6.45) is 0. The Balaban J connectivity index is 2.16. The Labute approximate surface area is 132 Å². The van der Waals surface area contributed by atoms with E-state index < -0.39 is 6.04 Å². The molecule has 4 nitrogen and oxygen atoms in total. The van der Waals surface area contributed by atoms with Crippen molar-refractivity contribution in [2.24, 2.45) is 0 Å². The Kier molecular flexibility index (Phi) is 4.96. The molecule has 0 radical (unpaired) electrons. The van der Waals surface area contributed by atoms with Crippen LogP contribution in [0.3, 0.4) is 0 Å². The Hall–Kier alpha value is -1.88. The average Bonchev–Trinajstić information content (AvgIpc) is 2.46. The third-order valence-corrected chi connectivity index (χ3v) is 3.65. The first-order valence-corrected chi connectivity index (χ1v) is 7.58. The number of amides is 2. The van der Waals surface area contributed by atoms with Gasteiger partial charge >= 0.3 is 0 Å². The summed E-state index contributed by atoms with van der Waals surface area (Å²) in [5.41, 5.74) is 0.543. The number of halogens is 1. The van der Waals surface area contributed by atoms with Crippen LogP contribution in [0.4, 0.5) is 0 Å². The molecule has 110 valence electrons. The van der Waals surface area contributed by atoms with E-state index in [2.05, 4.69) is 26.6 Å². The Morgan fingerprint density at radius 1 is 1.14 bits per heavy atom. The highest BCUT2D eigenvalue weighted by Gasteiger charge is 2.15. The molecule has 2 aromatic carbocycles. The summed E-state index contributed by atoms with van der Waals surface area (Å²) in [5, 5.41) is 7.41. The molecule has 0 aliphatic carbocycles. The van der Waals surface area contributed by atoms with Crippen molar-refractivity contribution in [3.05, 3.63) is 46.4 Å². The van der Waals surface area contributed by atoms with E-state index in [1.807, 2.05) is 37.3 Å². The zero-order chi connectivity index (χ0) is 15.4. The topological polar surface area (TPSA) is 58.2 Å². The Morgan fingerprint density at radius 2 is 1.81 bits per heavy atom. The number of nitrogens with one attached hydrogen (secondary N) is 2.